The second kappa shape index (κ2) is 9.16. The zero-order valence-corrected chi connectivity index (χ0v) is 20.6. The average Bonchev–Trinajstić information content (AvgIpc) is 3.44. The third-order valence-corrected chi connectivity index (χ3v) is 8.06. The van der Waals surface area contributed by atoms with Crippen LogP contribution < -0.4 is 5.73 Å². The number of hydrogen-bond donors (Lipinski definition) is 1. The normalized spacial score (nSPS) is 18.4. The lowest BCUT2D eigenvalue weighted by Crippen LogP contribution is -2.33. The average molecular weight is 472 g/mol. The Morgan fingerprint density at radius 2 is 1.85 bits per heavy atom. The van der Waals surface area contributed by atoms with E-state index in [1.54, 1.807) is 22.5 Å². The van der Waals surface area contributed by atoms with Crippen molar-refractivity contribution in [2.45, 2.75) is 54.5 Å². The quantitative estimate of drug-likeness (QED) is 0.405. The van der Waals surface area contributed by atoms with Crippen molar-refractivity contribution in [3.8, 4) is 17.2 Å². The molecule has 3 aromatic heterocycles. The highest BCUT2D eigenvalue weighted by Crippen LogP contribution is 2.39. The molecule has 0 spiro atoms. The van der Waals surface area contributed by atoms with Gasteiger partial charge in [-0.2, -0.15) is 15.5 Å². The van der Waals surface area contributed by atoms with Crippen molar-refractivity contribution in [2.75, 3.05) is 19.8 Å². The Balaban J connectivity index is 1.53. The van der Waals surface area contributed by atoms with Crippen molar-refractivity contribution in [1.29, 1.82) is 5.26 Å². The first-order valence-corrected chi connectivity index (χ1v) is 12.4. The number of fused-ring (bicyclic) bond motifs is 1. The van der Waals surface area contributed by atoms with Crippen LogP contribution in [0.1, 0.15) is 43.0 Å². The van der Waals surface area contributed by atoms with Crippen LogP contribution in [0.2, 0.25) is 0 Å². The maximum atomic E-state index is 9.65. The van der Waals surface area contributed by atoms with Gasteiger partial charge in [0.2, 0.25) is 0 Å². The number of nitriles is 1. The number of benzene rings is 1. The number of para-hydroxylation sites is 1. The molecule has 8 heteroatoms. The Kier molecular flexibility index (Phi) is 6.07. The van der Waals surface area contributed by atoms with Crippen LogP contribution in [0.15, 0.2) is 58.7 Å². The fraction of sp³-hybridized carbons (Fsp3) is 0.346. The highest BCUT2D eigenvalue weighted by atomic mass is 32.2. The Labute approximate surface area is 204 Å². The third kappa shape index (κ3) is 4.06. The van der Waals surface area contributed by atoms with Gasteiger partial charge in [-0.3, -0.25) is 4.68 Å². The number of rotatable bonds is 5. The van der Waals surface area contributed by atoms with Gasteiger partial charge in [0.1, 0.15) is 6.07 Å². The van der Waals surface area contributed by atoms with Crippen LogP contribution in [0.25, 0.3) is 16.6 Å². The summed E-state index contributed by atoms with van der Waals surface area (Å²) in [6.45, 7) is 2.15. The molecule has 1 fully saturated rings. The molecule has 0 saturated heterocycles. The van der Waals surface area contributed by atoms with E-state index in [0.29, 0.717) is 23.3 Å². The molecule has 34 heavy (non-hydrogen) atoms. The monoisotopic (exact) mass is 471 g/mol. The standard InChI is InChI=1S/C26H29N7S/c1-17-22(15-30-33(17)21-10-8-20(9-11-21)31(2)3)18-12-25(34-24-7-5-4-6-23(24)28)26-19(13-27)14-29-32(26)16-18/h4-7,12,14-16,20-21H,8-11,28H2,1-3H3/t20-,21+. The smallest absolute Gasteiger partial charge is 0.103 e. The lowest BCUT2D eigenvalue weighted by Gasteiger charge is -2.33. The Bertz CT molecular complexity index is 1370. The van der Waals surface area contributed by atoms with Crippen molar-refractivity contribution in [1.82, 2.24) is 24.3 Å². The van der Waals surface area contributed by atoms with E-state index in [2.05, 4.69) is 47.8 Å². The first kappa shape index (κ1) is 22.5. The van der Waals surface area contributed by atoms with Crippen molar-refractivity contribution in [2.24, 2.45) is 0 Å². The molecule has 2 N–H and O–H groups in total. The van der Waals surface area contributed by atoms with Gasteiger partial charge in [0.15, 0.2) is 0 Å². The highest BCUT2D eigenvalue weighted by Gasteiger charge is 2.26. The number of anilines is 1. The van der Waals surface area contributed by atoms with E-state index in [4.69, 9.17) is 10.8 Å². The van der Waals surface area contributed by atoms with Crippen LogP contribution in [0.3, 0.4) is 0 Å². The molecule has 0 amide bonds. The summed E-state index contributed by atoms with van der Waals surface area (Å²) in [5, 5.41) is 18.9. The van der Waals surface area contributed by atoms with E-state index >= 15 is 0 Å². The van der Waals surface area contributed by atoms with Crippen LogP contribution >= 0.6 is 11.8 Å². The molecule has 0 aliphatic heterocycles. The van der Waals surface area contributed by atoms with Crippen LogP contribution in [-0.2, 0) is 0 Å². The summed E-state index contributed by atoms with van der Waals surface area (Å²) in [7, 11) is 4.34. The van der Waals surface area contributed by atoms with E-state index in [1.165, 1.54) is 12.8 Å². The lowest BCUT2D eigenvalue weighted by atomic mass is 9.90. The number of pyridine rings is 1. The summed E-state index contributed by atoms with van der Waals surface area (Å²) in [6.07, 6.45) is 10.3. The van der Waals surface area contributed by atoms with Crippen molar-refractivity contribution in [3.63, 3.8) is 0 Å². The summed E-state index contributed by atoms with van der Waals surface area (Å²) in [6, 6.07) is 13.3. The molecule has 5 rings (SSSR count). The molecule has 4 aromatic rings. The Morgan fingerprint density at radius 3 is 2.56 bits per heavy atom. The minimum atomic E-state index is 0.432. The summed E-state index contributed by atoms with van der Waals surface area (Å²) in [5.41, 5.74) is 11.6. The molecule has 0 unspecified atom stereocenters. The molecule has 174 valence electrons. The first-order chi connectivity index (χ1) is 16.5. The van der Waals surface area contributed by atoms with Gasteiger partial charge in [-0.05, 0) is 64.9 Å². The van der Waals surface area contributed by atoms with Crippen molar-refractivity contribution < 1.29 is 0 Å². The van der Waals surface area contributed by atoms with E-state index in [-0.39, 0.29) is 0 Å². The molecule has 1 aromatic carbocycles. The molecular weight excluding hydrogens is 442 g/mol. The number of nitrogens with two attached hydrogens (primary N) is 1. The van der Waals surface area contributed by atoms with E-state index in [0.717, 1.165) is 45.0 Å². The topological polar surface area (TPSA) is 88.2 Å². The van der Waals surface area contributed by atoms with Gasteiger partial charge in [0.05, 0.1) is 29.5 Å². The molecule has 1 aliphatic carbocycles. The van der Waals surface area contributed by atoms with Crippen LogP contribution in [0, 0.1) is 18.3 Å². The van der Waals surface area contributed by atoms with Gasteiger partial charge in [-0.25, -0.2) is 4.52 Å². The fourth-order valence-electron chi connectivity index (χ4n) is 4.98. The molecule has 0 atom stereocenters. The van der Waals surface area contributed by atoms with E-state index < -0.39 is 0 Å². The second-order valence-electron chi connectivity index (χ2n) is 9.21. The predicted molar refractivity (Wildman–Crippen MR) is 136 cm³/mol. The SMILES string of the molecule is Cc1c(-c2cc(Sc3ccccc3N)c3c(C#N)cnn3c2)cnn1[C@H]1CC[C@@H](N(C)C)CC1. The first-order valence-electron chi connectivity index (χ1n) is 11.6. The van der Waals surface area contributed by atoms with Crippen LogP contribution in [0.4, 0.5) is 5.69 Å². The number of hydrogen-bond acceptors (Lipinski definition) is 6. The van der Waals surface area contributed by atoms with Crippen molar-refractivity contribution in [3.05, 3.63) is 60.2 Å². The fourth-order valence-corrected chi connectivity index (χ4v) is 6.03. The highest BCUT2D eigenvalue weighted by molar-refractivity contribution is 7.99. The van der Waals surface area contributed by atoms with Gasteiger partial charge < -0.3 is 10.6 Å². The zero-order chi connectivity index (χ0) is 23.8. The summed E-state index contributed by atoms with van der Waals surface area (Å²) >= 11 is 1.56. The van der Waals surface area contributed by atoms with Gasteiger partial charge in [0, 0.05) is 44.5 Å². The Hall–Kier alpha value is -3.28. The van der Waals surface area contributed by atoms with Gasteiger partial charge in [-0.15, -0.1) is 0 Å². The molecule has 0 radical (unpaired) electrons. The van der Waals surface area contributed by atoms with E-state index in [1.807, 2.05) is 36.7 Å². The summed E-state index contributed by atoms with van der Waals surface area (Å²) in [5.74, 6) is 0. The molecular formula is C26H29N7S. The minimum Gasteiger partial charge on any atom is -0.398 e. The molecule has 0 bridgehead atoms. The maximum absolute atomic E-state index is 9.65. The van der Waals surface area contributed by atoms with Gasteiger partial charge >= 0.3 is 0 Å². The van der Waals surface area contributed by atoms with Crippen LogP contribution in [-0.4, -0.2) is 44.4 Å². The summed E-state index contributed by atoms with van der Waals surface area (Å²) < 4.78 is 4.01. The lowest BCUT2D eigenvalue weighted by molar-refractivity contribution is 0.188. The molecule has 1 aliphatic rings. The minimum absolute atomic E-state index is 0.432. The molecule has 1 saturated carbocycles. The number of nitrogen functional groups attached to an aromatic ring is 1. The number of aromatic nitrogens is 4. The second-order valence-corrected chi connectivity index (χ2v) is 10.3. The number of nitrogens with zero attached hydrogens (tertiary/aromatic N) is 6. The Morgan fingerprint density at radius 1 is 1.09 bits per heavy atom. The third-order valence-electron chi connectivity index (χ3n) is 6.93. The summed E-state index contributed by atoms with van der Waals surface area (Å²) in [4.78, 5) is 4.24. The van der Waals surface area contributed by atoms with Crippen molar-refractivity contribution >= 4 is 23.0 Å². The van der Waals surface area contributed by atoms with E-state index in [9.17, 15) is 5.26 Å². The zero-order valence-electron chi connectivity index (χ0n) is 19.8. The van der Waals surface area contributed by atoms with Gasteiger partial charge in [-0.1, -0.05) is 23.9 Å². The maximum Gasteiger partial charge on any atom is 0.103 e. The van der Waals surface area contributed by atoms with Gasteiger partial charge in [0.25, 0.3) is 0 Å². The largest absolute Gasteiger partial charge is 0.398 e. The molecule has 7 nitrogen and oxygen atoms in total. The van der Waals surface area contributed by atoms with Crippen LogP contribution in [0.5, 0.6) is 0 Å². The molecule has 3 heterocycles. The predicted octanol–water partition coefficient (Wildman–Crippen LogP) is 5.16.